The standard InChI is InChI=1S/C35H42O7/c1-19-17-37-34(39-25(19)7)27-9-11-28(12-10-27)41-31-15-16-32(24(6)23(31)5)42-33(36)29-13-14-30(22(4)21(29)3)35-38-18-20(2)26(8)40-35/h9-16,19-20,25-26,34-35H,17-18H2,1-8H3. The molecule has 6 atom stereocenters. The number of rotatable bonds is 6. The Bertz CT molecular complexity index is 1430. The molecule has 0 aliphatic carbocycles. The van der Waals surface area contributed by atoms with Crippen molar-refractivity contribution in [2.75, 3.05) is 13.2 Å². The summed E-state index contributed by atoms with van der Waals surface area (Å²) >= 11 is 0. The first-order valence-corrected chi connectivity index (χ1v) is 14.8. The lowest BCUT2D eigenvalue weighted by Crippen LogP contribution is -2.32. The summed E-state index contributed by atoms with van der Waals surface area (Å²) in [5, 5.41) is 0. The molecule has 2 fully saturated rings. The molecule has 7 heteroatoms. The number of carbonyl (C=O) groups excluding carboxylic acids is 1. The van der Waals surface area contributed by atoms with Gasteiger partial charge in [-0.15, -0.1) is 0 Å². The highest BCUT2D eigenvalue weighted by atomic mass is 16.7. The van der Waals surface area contributed by atoms with E-state index in [9.17, 15) is 4.79 Å². The average Bonchev–Trinajstić information content (AvgIpc) is 2.97. The Kier molecular flexibility index (Phi) is 9.04. The molecule has 2 aliphatic rings. The largest absolute Gasteiger partial charge is 0.457 e. The molecule has 0 N–H and O–H groups in total. The van der Waals surface area contributed by atoms with E-state index in [0.29, 0.717) is 47.9 Å². The molecule has 0 radical (unpaired) electrons. The zero-order chi connectivity index (χ0) is 30.1. The summed E-state index contributed by atoms with van der Waals surface area (Å²) in [6, 6.07) is 15.0. The van der Waals surface area contributed by atoms with Crippen LogP contribution in [-0.4, -0.2) is 31.4 Å². The van der Waals surface area contributed by atoms with Gasteiger partial charge in [0.15, 0.2) is 12.6 Å². The molecule has 0 amide bonds. The first-order valence-electron chi connectivity index (χ1n) is 14.8. The Morgan fingerprint density at radius 2 is 1.24 bits per heavy atom. The van der Waals surface area contributed by atoms with E-state index < -0.39 is 12.3 Å². The number of esters is 1. The minimum absolute atomic E-state index is 0.101. The molecule has 0 aromatic heterocycles. The van der Waals surface area contributed by atoms with E-state index in [1.807, 2.05) is 64.1 Å². The molecule has 42 heavy (non-hydrogen) atoms. The van der Waals surface area contributed by atoms with Gasteiger partial charge in [-0.05, 0) is 94.1 Å². The summed E-state index contributed by atoms with van der Waals surface area (Å²) in [4.78, 5) is 13.3. The van der Waals surface area contributed by atoms with Gasteiger partial charge in [0, 0.05) is 23.0 Å². The summed E-state index contributed by atoms with van der Waals surface area (Å²) in [6.07, 6.45) is -0.559. The summed E-state index contributed by atoms with van der Waals surface area (Å²) in [5.41, 5.74) is 5.95. The quantitative estimate of drug-likeness (QED) is 0.218. The van der Waals surface area contributed by atoms with Crippen molar-refractivity contribution in [2.24, 2.45) is 11.8 Å². The van der Waals surface area contributed by atoms with E-state index in [1.54, 1.807) is 12.1 Å². The highest BCUT2D eigenvalue weighted by Gasteiger charge is 2.29. The molecular formula is C35H42O7. The Morgan fingerprint density at radius 3 is 1.88 bits per heavy atom. The van der Waals surface area contributed by atoms with Gasteiger partial charge in [-0.1, -0.05) is 32.0 Å². The van der Waals surface area contributed by atoms with Crippen LogP contribution in [0.3, 0.4) is 0 Å². The van der Waals surface area contributed by atoms with Crippen LogP contribution in [0, 0.1) is 39.5 Å². The van der Waals surface area contributed by atoms with Crippen LogP contribution < -0.4 is 9.47 Å². The Balaban J connectivity index is 1.26. The molecule has 3 aromatic rings. The lowest BCUT2D eigenvalue weighted by Gasteiger charge is -2.34. The van der Waals surface area contributed by atoms with Crippen molar-refractivity contribution in [3.05, 3.63) is 87.5 Å². The third-order valence-corrected chi connectivity index (χ3v) is 8.87. The van der Waals surface area contributed by atoms with Gasteiger partial charge in [-0.25, -0.2) is 4.79 Å². The molecule has 0 bridgehead atoms. The normalized spacial score (nSPS) is 26.1. The predicted molar refractivity (Wildman–Crippen MR) is 160 cm³/mol. The molecule has 224 valence electrons. The lowest BCUT2D eigenvalue weighted by atomic mass is 9.96. The summed E-state index contributed by atoms with van der Waals surface area (Å²) in [5.74, 6) is 2.19. The number of benzene rings is 3. The van der Waals surface area contributed by atoms with Crippen molar-refractivity contribution >= 4 is 5.97 Å². The van der Waals surface area contributed by atoms with E-state index in [0.717, 1.165) is 33.4 Å². The van der Waals surface area contributed by atoms with Gasteiger partial charge in [-0.2, -0.15) is 0 Å². The Morgan fingerprint density at radius 1 is 0.667 bits per heavy atom. The maximum absolute atomic E-state index is 13.3. The van der Waals surface area contributed by atoms with E-state index in [1.165, 1.54) is 0 Å². The van der Waals surface area contributed by atoms with Gasteiger partial charge in [0.1, 0.15) is 17.2 Å². The molecule has 3 aromatic carbocycles. The van der Waals surface area contributed by atoms with E-state index in [2.05, 4.69) is 27.7 Å². The molecule has 2 aliphatic heterocycles. The van der Waals surface area contributed by atoms with Gasteiger partial charge >= 0.3 is 5.97 Å². The van der Waals surface area contributed by atoms with Gasteiger partial charge in [0.05, 0.1) is 31.0 Å². The van der Waals surface area contributed by atoms with Crippen LogP contribution in [0.15, 0.2) is 48.5 Å². The summed E-state index contributed by atoms with van der Waals surface area (Å²) < 4.78 is 35.9. The van der Waals surface area contributed by atoms with Crippen LogP contribution in [0.5, 0.6) is 17.2 Å². The van der Waals surface area contributed by atoms with Crippen molar-refractivity contribution in [3.63, 3.8) is 0 Å². The summed E-state index contributed by atoms with van der Waals surface area (Å²) in [6.45, 7) is 17.5. The van der Waals surface area contributed by atoms with Crippen molar-refractivity contribution in [1.82, 2.24) is 0 Å². The Hall–Kier alpha value is -3.23. The molecule has 2 heterocycles. The smallest absolute Gasteiger partial charge is 0.343 e. The van der Waals surface area contributed by atoms with Crippen LogP contribution in [0.25, 0.3) is 0 Å². The zero-order valence-corrected chi connectivity index (χ0v) is 25.9. The van der Waals surface area contributed by atoms with Crippen LogP contribution in [0.4, 0.5) is 0 Å². The first-order chi connectivity index (χ1) is 20.0. The molecule has 0 spiro atoms. The SMILES string of the molecule is Cc1c(OC(=O)c2ccc(C3OCC(C)C(C)O3)c(C)c2C)ccc(Oc2ccc(C3OCC(C)C(C)O3)cc2)c1C. The number of ether oxygens (including phenoxy) is 6. The van der Waals surface area contributed by atoms with Crippen LogP contribution in [-0.2, 0) is 18.9 Å². The minimum atomic E-state index is -0.435. The minimum Gasteiger partial charge on any atom is -0.457 e. The molecular weight excluding hydrogens is 532 g/mol. The van der Waals surface area contributed by atoms with Gasteiger partial charge in [-0.3, -0.25) is 0 Å². The highest BCUT2D eigenvalue weighted by molar-refractivity contribution is 5.93. The number of hydrogen-bond acceptors (Lipinski definition) is 7. The van der Waals surface area contributed by atoms with Crippen molar-refractivity contribution in [1.29, 1.82) is 0 Å². The lowest BCUT2D eigenvalue weighted by molar-refractivity contribution is -0.233. The molecule has 5 rings (SSSR count). The maximum Gasteiger partial charge on any atom is 0.343 e. The highest BCUT2D eigenvalue weighted by Crippen LogP contribution is 2.36. The topological polar surface area (TPSA) is 72.5 Å². The molecule has 0 saturated carbocycles. The number of carbonyl (C=O) groups is 1. The zero-order valence-electron chi connectivity index (χ0n) is 25.9. The third-order valence-electron chi connectivity index (χ3n) is 8.87. The third kappa shape index (κ3) is 6.25. The molecule has 6 unspecified atom stereocenters. The van der Waals surface area contributed by atoms with Crippen LogP contribution >= 0.6 is 0 Å². The fourth-order valence-corrected chi connectivity index (χ4v) is 5.11. The van der Waals surface area contributed by atoms with Crippen LogP contribution in [0.2, 0.25) is 0 Å². The second kappa shape index (κ2) is 12.6. The first kappa shape index (κ1) is 30.2. The Labute approximate surface area is 249 Å². The van der Waals surface area contributed by atoms with Gasteiger partial charge < -0.3 is 28.4 Å². The fourth-order valence-electron chi connectivity index (χ4n) is 5.11. The maximum atomic E-state index is 13.3. The summed E-state index contributed by atoms with van der Waals surface area (Å²) in [7, 11) is 0. The van der Waals surface area contributed by atoms with Crippen LogP contribution in [0.1, 0.15) is 84.0 Å². The van der Waals surface area contributed by atoms with E-state index >= 15 is 0 Å². The average molecular weight is 575 g/mol. The van der Waals surface area contributed by atoms with Gasteiger partial charge in [0.25, 0.3) is 0 Å². The van der Waals surface area contributed by atoms with E-state index in [-0.39, 0.29) is 18.5 Å². The second-order valence-electron chi connectivity index (χ2n) is 11.8. The van der Waals surface area contributed by atoms with Crippen molar-refractivity contribution in [2.45, 2.75) is 80.2 Å². The van der Waals surface area contributed by atoms with Crippen molar-refractivity contribution < 1.29 is 33.2 Å². The number of hydrogen-bond donors (Lipinski definition) is 0. The monoisotopic (exact) mass is 574 g/mol. The molecule has 7 nitrogen and oxygen atoms in total. The van der Waals surface area contributed by atoms with Gasteiger partial charge in [0.2, 0.25) is 0 Å². The second-order valence-corrected chi connectivity index (χ2v) is 11.8. The van der Waals surface area contributed by atoms with Crippen molar-refractivity contribution in [3.8, 4) is 17.2 Å². The molecule has 2 saturated heterocycles. The van der Waals surface area contributed by atoms with E-state index in [4.69, 9.17) is 28.4 Å². The fraction of sp³-hybridized carbons (Fsp3) is 0.457. The predicted octanol–water partition coefficient (Wildman–Crippen LogP) is 8.07.